The molecular formula is C22H28N2O3S. The average molecular weight is 401 g/mol. The Balaban J connectivity index is 1.64. The lowest BCUT2D eigenvalue weighted by Gasteiger charge is -2.28. The predicted octanol–water partition coefficient (Wildman–Crippen LogP) is 3.62. The number of hydrogen-bond donors (Lipinski definition) is 1. The normalized spacial score (nSPS) is 17.1. The lowest BCUT2D eigenvalue weighted by atomic mass is 9.97. The van der Waals surface area contributed by atoms with Gasteiger partial charge in [-0.2, -0.15) is 0 Å². The second-order valence-electron chi connectivity index (χ2n) is 7.32. The van der Waals surface area contributed by atoms with Gasteiger partial charge in [0.1, 0.15) is 0 Å². The van der Waals surface area contributed by atoms with Gasteiger partial charge in [-0.05, 0) is 48.9 Å². The van der Waals surface area contributed by atoms with Gasteiger partial charge in [0.05, 0.1) is 11.4 Å². The number of nitrogens with zero attached hydrogens (tertiary/aromatic N) is 1. The molecule has 0 aromatic heterocycles. The highest BCUT2D eigenvalue weighted by atomic mass is 32.2. The molecule has 1 aliphatic rings. The first kappa shape index (κ1) is 20.4. The van der Waals surface area contributed by atoms with E-state index >= 15 is 0 Å². The zero-order chi connectivity index (χ0) is 20.0. The van der Waals surface area contributed by atoms with Gasteiger partial charge in [-0.25, -0.2) is 8.42 Å². The number of carbonyl (C=O) groups excluding carboxylic acids is 1. The van der Waals surface area contributed by atoms with Crippen LogP contribution < -0.4 is 9.62 Å². The summed E-state index contributed by atoms with van der Waals surface area (Å²) in [6.45, 7) is 3.19. The third-order valence-corrected chi connectivity index (χ3v) is 7.11. The molecular weight excluding hydrogens is 372 g/mol. The molecule has 1 N–H and O–H groups in total. The summed E-state index contributed by atoms with van der Waals surface area (Å²) >= 11 is 0. The fourth-order valence-electron chi connectivity index (χ4n) is 3.53. The quantitative estimate of drug-likeness (QED) is 0.772. The van der Waals surface area contributed by atoms with E-state index in [-0.39, 0.29) is 11.7 Å². The molecule has 0 radical (unpaired) electrons. The highest BCUT2D eigenvalue weighted by Crippen LogP contribution is 2.24. The molecule has 0 aliphatic carbocycles. The highest BCUT2D eigenvalue weighted by Gasteiger charge is 2.26. The van der Waals surface area contributed by atoms with Crippen LogP contribution in [0.15, 0.2) is 54.6 Å². The summed E-state index contributed by atoms with van der Waals surface area (Å²) in [4.78, 5) is 12.6. The van der Waals surface area contributed by atoms with Gasteiger partial charge in [0.25, 0.3) is 5.91 Å². The monoisotopic (exact) mass is 400 g/mol. The number of carbonyl (C=O) groups is 1. The second kappa shape index (κ2) is 9.24. The third kappa shape index (κ3) is 5.13. The van der Waals surface area contributed by atoms with Crippen LogP contribution in [0.4, 0.5) is 5.69 Å². The lowest BCUT2D eigenvalue weighted by molar-refractivity contribution is 0.0946. The minimum absolute atomic E-state index is 0.164. The van der Waals surface area contributed by atoms with Crippen molar-refractivity contribution >= 4 is 21.6 Å². The van der Waals surface area contributed by atoms with Crippen LogP contribution in [-0.2, 0) is 16.4 Å². The van der Waals surface area contributed by atoms with Crippen molar-refractivity contribution in [2.24, 2.45) is 5.92 Å². The Morgan fingerprint density at radius 3 is 2.61 bits per heavy atom. The van der Waals surface area contributed by atoms with Crippen LogP contribution in [0.1, 0.15) is 42.1 Å². The predicted molar refractivity (Wildman–Crippen MR) is 113 cm³/mol. The standard InChI is InChI=1S/C22H28N2O3S/c1-2-18(15-19-9-4-3-5-10-19)17-23-22(25)20-11-8-12-21(16-20)24-13-6-7-14-28(24,26)27/h3-5,8-12,16,18H,2,6-7,13-15,17H2,1H3,(H,23,25). The van der Waals surface area contributed by atoms with E-state index in [2.05, 4.69) is 24.4 Å². The second-order valence-corrected chi connectivity index (χ2v) is 9.33. The fourth-order valence-corrected chi connectivity index (χ4v) is 5.16. The molecule has 5 nitrogen and oxygen atoms in total. The molecule has 2 aromatic rings. The zero-order valence-electron chi connectivity index (χ0n) is 16.3. The number of rotatable bonds is 7. The SMILES string of the molecule is CCC(CNC(=O)c1cccc(N2CCCCS2(=O)=O)c1)Cc1ccccc1. The summed E-state index contributed by atoms with van der Waals surface area (Å²) in [5.74, 6) is 0.362. The first-order valence-electron chi connectivity index (χ1n) is 9.92. The number of nitrogens with one attached hydrogen (secondary N) is 1. The molecule has 1 amide bonds. The zero-order valence-corrected chi connectivity index (χ0v) is 17.1. The van der Waals surface area contributed by atoms with Crippen LogP contribution in [0, 0.1) is 5.92 Å². The number of benzene rings is 2. The molecule has 1 atom stereocenters. The molecule has 1 heterocycles. The maximum Gasteiger partial charge on any atom is 0.251 e. The summed E-state index contributed by atoms with van der Waals surface area (Å²) < 4.78 is 26.1. The Morgan fingerprint density at radius 1 is 1.11 bits per heavy atom. The molecule has 150 valence electrons. The van der Waals surface area contributed by atoms with Gasteiger partial charge in [-0.15, -0.1) is 0 Å². The van der Waals surface area contributed by atoms with Crippen molar-refractivity contribution in [1.82, 2.24) is 5.32 Å². The van der Waals surface area contributed by atoms with E-state index in [0.29, 0.717) is 36.7 Å². The van der Waals surface area contributed by atoms with Crippen molar-refractivity contribution in [2.45, 2.75) is 32.6 Å². The molecule has 0 saturated carbocycles. The molecule has 28 heavy (non-hydrogen) atoms. The van der Waals surface area contributed by atoms with E-state index in [0.717, 1.165) is 19.3 Å². The van der Waals surface area contributed by atoms with E-state index in [4.69, 9.17) is 0 Å². The maximum absolute atomic E-state index is 12.6. The molecule has 6 heteroatoms. The topological polar surface area (TPSA) is 66.5 Å². The Labute approximate surface area is 167 Å². The average Bonchev–Trinajstić information content (AvgIpc) is 2.71. The number of sulfonamides is 1. The van der Waals surface area contributed by atoms with Crippen LogP contribution in [0.25, 0.3) is 0 Å². The smallest absolute Gasteiger partial charge is 0.251 e. The summed E-state index contributed by atoms with van der Waals surface area (Å²) in [6.07, 6.45) is 3.43. The molecule has 1 unspecified atom stereocenters. The van der Waals surface area contributed by atoms with Crippen molar-refractivity contribution in [3.63, 3.8) is 0 Å². The number of anilines is 1. The van der Waals surface area contributed by atoms with Gasteiger partial charge in [0.15, 0.2) is 0 Å². The summed E-state index contributed by atoms with van der Waals surface area (Å²) in [6, 6.07) is 17.2. The van der Waals surface area contributed by atoms with Gasteiger partial charge in [0.2, 0.25) is 10.0 Å². The van der Waals surface area contributed by atoms with Gasteiger partial charge < -0.3 is 5.32 Å². The van der Waals surface area contributed by atoms with Crippen molar-refractivity contribution in [2.75, 3.05) is 23.1 Å². The van der Waals surface area contributed by atoms with Crippen LogP contribution >= 0.6 is 0 Å². The molecule has 1 fully saturated rings. The Kier molecular flexibility index (Phi) is 6.73. The fraction of sp³-hybridized carbons (Fsp3) is 0.409. The van der Waals surface area contributed by atoms with Crippen LogP contribution in [0.3, 0.4) is 0 Å². The first-order chi connectivity index (χ1) is 13.5. The van der Waals surface area contributed by atoms with Gasteiger partial charge >= 0.3 is 0 Å². The van der Waals surface area contributed by atoms with Crippen LogP contribution in [-0.4, -0.2) is 33.2 Å². The van der Waals surface area contributed by atoms with Crippen LogP contribution in [0.5, 0.6) is 0 Å². The first-order valence-corrected chi connectivity index (χ1v) is 11.5. The van der Waals surface area contributed by atoms with Gasteiger partial charge in [-0.1, -0.05) is 49.7 Å². The third-order valence-electron chi connectivity index (χ3n) is 5.24. The largest absolute Gasteiger partial charge is 0.352 e. The number of amides is 1. The Hall–Kier alpha value is -2.34. The summed E-state index contributed by atoms with van der Waals surface area (Å²) in [7, 11) is -3.28. The van der Waals surface area contributed by atoms with E-state index in [1.807, 2.05) is 18.2 Å². The van der Waals surface area contributed by atoms with Crippen molar-refractivity contribution in [3.05, 3.63) is 65.7 Å². The van der Waals surface area contributed by atoms with E-state index in [9.17, 15) is 13.2 Å². The molecule has 2 aromatic carbocycles. The summed E-state index contributed by atoms with van der Waals surface area (Å²) in [5, 5.41) is 3.01. The van der Waals surface area contributed by atoms with E-state index in [1.54, 1.807) is 24.3 Å². The molecule has 3 rings (SSSR count). The minimum atomic E-state index is -3.28. The summed E-state index contributed by atoms with van der Waals surface area (Å²) in [5.41, 5.74) is 2.33. The molecule has 1 aliphatic heterocycles. The highest BCUT2D eigenvalue weighted by molar-refractivity contribution is 7.92. The molecule has 1 saturated heterocycles. The van der Waals surface area contributed by atoms with Gasteiger partial charge in [-0.3, -0.25) is 9.10 Å². The maximum atomic E-state index is 12.6. The molecule has 0 spiro atoms. The van der Waals surface area contributed by atoms with E-state index in [1.165, 1.54) is 9.87 Å². The minimum Gasteiger partial charge on any atom is -0.352 e. The lowest BCUT2D eigenvalue weighted by Crippen LogP contribution is -2.38. The van der Waals surface area contributed by atoms with Crippen LogP contribution in [0.2, 0.25) is 0 Å². The molecule has 0 bridgehead atoms. The van der Waals surface area contributed by atoms with Crippen molar-refractivity contribution in [1.29, 1.82) is 0 Å². The van der Waals surface area contributed by atoms with Crippen molar-refractivity contribution in [3.8, 4) is 0 Å². The Bertz CT molecular complexity index is 897. The van der Waals surface area contributed by atoms with E-state index < -0.39 is 10.0 Å². The Morgan fingerprint density at radius 2 is 1.89 bits per heavy atom. The van der Waals surface area contributed by atoms with Crippen molar-refractivity contribution < 1.29 is 13.2 Å². The van der Waals surface area contributed by atoms with Gasteiger partial charge in [0, 0.05) is 18.7 Å². The number of hydrogen-bond acceptors (Lipinski definition) is 3.